The van der Waals surface area contributed by atoms with Crippen LogP contribution in [-0.4, -0.2) is 7.38 Å². The van der Waals surface area contributed by atoms with E-state index in [2.05, 4.69) is 27.7 Å². The minimum absolute atomic E-state index is 0.740. The predicted octanol–water partition coefficient (Wildman–Crippen LogP) is 4.40. The van der Waals surface area contributed by atoms with Crippen molar-refractivity contribution in [3.8, 4) is 0 Å². The maximum Gasteiger partial charge on any atom is 0.159 e. The summed E-state index contributed by atoms with van der Waals surface area (Å²) >= 11 is 6.61. The smallest absolute Gasteiger partial charge is 0.159 e. The summed E-state index contributed by atoms with van der Waals surface area (Å²) in [6.07, 6.45) is 2.52. The van der Waals surface area contributed by atoms with Gasteiger partial charge in [0.2, 0.25) is 0 Å². The fourth-order valence-corrected chi connectivity index (χ4v) is 5.73. The Balaban J connectivity index is 4.01. The van der Waals surface area contributed by atoms with Gasteiger partial charge in [-0.15, -0.1) is 0 Å². The monoisotopic (exact) mass is 192 g/mol. The van der Waals surface area contributed by atoms with Crippen LogP contribution in [0.25, 0.3) is 0 Å². The maximum absolute atomic E-state index is 6.61. The summed E-state index contributed by atoms with van der Waals surface area (Å²) in [5.74, 6) is 0. The summed E-state index contributed by atoms with van der Waals surface area (Å²) in [6.45, 7) is 9.04. The van der Waals surface area contributed by atoms with Gasteiger partial charge in [-0.1, -0.05) is 40.5 Å². The zero-order chi connectivity index (χ0) is 8.91. The fourth-order valence-electron chi connectivity index (χ4n) is 1.53. The van der Waals surface area contributed by atoms with Crippen LogP contribution in [0.2, 0.25) is 17.6 Å². The molecule has 0 bridgehead atoms. The van der Waals surface area contributed by atoms with Gasteiger partial charge in [-0.2, -0.15) is 11.1 Å². The Labute approximate surface area is 77.0 Å². The van der Waals surface area contributed by atoms with Crippen LogP contribution in [0.5, 0.6) is 0 Å². The van der Waals surface area contributed by atoms with Crippen molar-refractivity contribution in [2.75, 3.05) is 0 Å². The summed E-state index contributed by atoms with van der Waals surface area (Å²) < 4.78 is 0. The van der Waals surface area contributed by atoms with Crippen LogP contribution < -0.4 is 0 Å². The van der Waals surface area contributed by atoms with Gasteiger partial charge < -0.3 is 0 Å². The molecule has 0 rings (SSSR count). The molecule has 0 spiro atoms. The SMILES string of the molecule is CCC[Si](Cl)(CCC)C(C)C. The minimum Gasteiger partial charge on any atom is -0.167 e. The molecule has 0 aliphatic heterocycles. The summed E-state index contributed by atoms with van der Waals surface area (Å²) in [5, 5.41) is 0. The molecule has 0 amide bonds. The Kier molecular flexibility index (Phi) is 5.45. The van der Waals surface area contributed by atoms with Gasteiger partial charge in [0, 0.05) is 0 Å². The van der Waals surface area contributed by atoms with Crippen molar-refractivity contribution in [2.45, 2.75) is 58.2 Å². The number of hydrogen-bond donors (Lipinski definition) is 0. The average Bonchev–Trinajstić information content (AvgIpc) is 1.88. The van der Waals surface area contributed by atoms with Crippen molar-refractivity contribution in [3.63, 3.8) is 0 Å². The van der Waals surface area contributed by atoms with E-state index in [9.17, 15) is 0 Å². The summed E-state index contributed by atoms with van der Waals surface area (Å²) in [4.78, 5) is 0. The van der Waals surface area contributed by atoms with Crippen LogP contribution in [0.4, 0.5) is 0 Å². The Morgan fingerprint density at radius 1 is 1.09 bits per heavy atom. The minimum atomic E-state index is -1.35. The van der Waals surface area contributed by atoms with Crippen molar-refractivity contribution >= 4 is 18.5 Å². The maximum atomic E-state index is 6.61. The second-order valence-electron chi connectivity index (χ2n) is 3.69. The van der Waals surface area contributed by atoms with Crippen molar-refractivity contribution in [2.24, 2.45) is 0 Å². The molecule has 11 heavy (non-hydrogen) atoms. The van der Waals surface area contributed by atoms with E-state index < -0.39 is 7.38 Å². The first-order valence-electron chi connectivity index (χ1n) is 4.75. The molecule has 0 saturated heterocycles. The molecule has 0 aliphatic carbocycles. The second kappa shape index (κ2) is 5.21. The van der Waals surface area contributed by atoms with Crippen molar-refractivity contribution < 1.29 is 0 Å². The van der Waals surface area contributed by atoms with Crippen LogP contribution in [0.15, 0.2) is 0 Å². The molecule has 2 heteroatoms. The van der Waals surface area contributed by atoms with Crippen molar-refractivity contribution in [3.05, 3.63) is 0 Å². The normalized spacial score (nSPS) is 12.5. The Bertz CT molecular complexity index is 95.7. The lowest BCUT2D eigenvalue weighted by molar-refractivity contribution is 0.915. The molecule has 0 aromatic heterocycles. The third-order valence-electron chi connectivity index (χ3n) is 2.37. The van der Waals surface area contributed by atoms with Crippen molar-refractivity contribution in [1.29, 1.82) is 0 Å². The first kappa shape index (κ1) is 11.5. The Morgan fingerprint density at radius 2 is 1.45 bits per heavy atom. The molecular weight excluding hydrogens is 172 g/mol. The summed E-state index contributed by atoms with van der Waals surface area (Å²) in [6, 6.07) is 2.58. The van der Waals surface area contributed by atoms with E-state index in [1.54, 1.807) is 0 Å². The van der Waals surface area contributed by atoms with E-state index in [-0.39, 0.29) is 0 Å². The predicted molar refractivity (Wildman–Crippen MR) is 56.9 cm³/mol. The molecule has 0 aliphatic rings. The largest absolute Gasteiger partial charge is 0.167 e. The number of rotatable bonds is 5. The highest BCUT2D eigenvalue weighted by Gasteiger charge is 2.32. The van der Waals surface area contributed by atoms with Gasteiger partial charge >= 0.3 is 0 Å². The van der Waals surface area contributed by atoms with Gasteiger partial charge in [0.15, 0.2) is 7.38 Å². The molecule has 0 radical (unpaired) electrons. The second-order valence-corrected chi connectivity index (χ2v) is 10.2. The first-order chi connectivity index (χ1) is 5.06. The Morgan fingerprint density at radius 3 is 1.64 bits per heavy atom. The third kappa shape index (κ3) is 3.61. The zero-order valence-electron chi connectivity index (χ0n) is 8.28. The molecular formula is C9H21ClSi. The molecule has 0 unspecified atom stereocenters. The molecule has 0 heterocycles. The first-order valence-corrected chi connectivity index (χ1v) is 8.26. The lowest BCUT2D eigenvalue weighted by Gasteiger charge is -2.27. The van der Waals surface area contributed by atoms with E-state index in [1.165, 1.54) is 24.9 Å². The highest BCUT2D eigenvalue weighted by Crippen LogP contribution is 2.35. The van der Waals surface area contributed by atoms with Crippen molar-refractivity contribution in [1.82, 2.24) is 0 Å². The van der Waals surface area contributed by atoms with E-state index in [0.717, 1.165) is 5.54 Å². The van der Waals surface area contributed by atoms with Crippen LogP contribution >= 0.6 is 11.1 Å². The van der Waals surface area contributed by atoms with Gasteiger partial charge in [-0.25, -0.2) is 0 Å². The molecule has 0 atom stereocenters. The molecule has 0 aromatic rings. The van der Waals surface area contributed by atoms with E-state index in [4.69, 9.17) is 11.1 Å². The lowest BCUT2D eigenvalue weighted by atomic mass is 10.5. The standard InChI is InChI=1S/C9H21ClSi/c1-5-7-11(10,8-6-2)9(3)4/h9H,5-8H2,1-4H3. The Hall–Kier alpha value is 0.507. The average molecular weight is 193 g/mol. The molecule has 68 valence electrons. The van der Waals surface area contributed by atoms with E-state index in [1.807, 2.05) is 0 Å². The van der Waals surface area contributed by atoms with E-state index in [0.29, 0.717) is 0 Å². The molecule has 0 fully saturated rings. The van der Waals surface area contributed by atoms with Gasteiger partial charge in [-0.3, -0.25) is 0 Å². The van der Waals surface area contributed by atoms with E-state index >= 15 is 0 Å². The van der Waals surface area contributed by atoms with Gasteiger partial charge in [0.25, 0.3) is 0 Å². The molecule has 0 N–H and O–H groups in total. The van der Waals surface area contributed by atoms with Gasteiger partial charge in [-0.05, 0) is 17.6 Å². The zero-order valence-corrected chi connectivity index (χ0v) is 10.0. The summed E-state index contributed by atoms with van der Waals surface area (Å²) in [7, 11) is -1.35. The topological polar surface area (TPSA) is 0 Å². The van der Waals surface area contributed by atoms with Crippen LogP contribution in [-0.2, 0) is 0 Å². The summed E-state index contributed by atoms with van der Waals surface area (Å²) in [5.41, 5.74) is 0.740. The number of halogens is 1. The van der Waals surface area contributed by atoms with Crippen LogP contribution in [0.1, 0.15) is 40.5 Å². The lowest BCUT2D eigenvalue weighted by Crippen LogP contribution is -2.30. The van der Waals surface area contributed by atoms with Gasteiger partial charge in [0.05, 0.1) is 0 Å². The molecule has 0 saturated carbocycles. The number of hydrogen-bond acceptors (Lipinski definition) is 0. The highest BCUT2D eigenvalue weighted by atomic mass is 35.6. The molecule has 0 aromatic carbocycles. The fraction of sp³-hybridized carbons (Fsp3) is 1.00. The quantitative estimate of drug-likeness (QED) is 0.448. The van der Waals surface area contributed by atoms with Crippen LogP contribution in [0.3, 0.4) is 0 Å². The highest BCUT2D eigenvalue weighted by molar-refractivity contribution is 7.21. The molecule has 0 nitrogen and oxygen atoms in total. The third-order valence-corrected chi connectivity index (χ3v) is 9.54. The van der Waals surface area contributed by atoms with Crippen LogP contribution in [0, 0.1) is 0 Å². The van der Waals surface area contributed by atoms with Gasteiger partial charge in [0.1, 0.15) is 0 Å².